The van der Waals surface area contributed by atoms with Crippen LogP contribution in [0.4, 0.5) is 0 Å². The summed E-state index contributed by atoms with van der Waals surface area (Å²) in [5, 5.41) is 4.60. The van der Waals surface area contributed by atoms with Crippen LogP contribution in [-0.2, 0) is 17.8 Å². The first-order valence-corrected chi connectivity index (χ1v) is 8.87. The van der Waals surface area contributed by atoms with Crippen molar-refractivity contribution < 1.29 is 14.3 Å². The van der Waals surface area contributed by atoms with Crippen LogP contribution in [-0.4, -0.2) is 22.4 Å². The Kier molecular flexibility index (Phi) is 6.62. The van der Waals surface area contributed by atoms with E-state index in [4.69, 9.17) is 9.47 Å². The number of rotatable bonds is 8. The maximum absolute atomic E-state index is 12.2. The molecule has 0 aliphatic heterocycles. The minimum absolute atomic E-state index is 0.262. The van der Waals surface area contributed by atoms with Gasteiger partial charge in [-0.1, -0.05) is 26.0 Å². The van der Waals surface area contributed by atoms with Gasteiger partial charge in [0, 0.05) is 12.2 Å². The number of aryl methyl sites for hydroxylation is 1. The van der Waals surface area contributed by atoms with E-state index in [1.807, 2.05) is 30.7 Å². The zero-order valence-corrected chi connectivity index (χ0v) is 15.8. The summed E-state index contributed by atoms with van der Waals surface area (Å²) in [7, 11) is 0. The second-order valence-electron chi connectivity index (χ2n) is 6.58. The second-order valence-corrected chi connectivity index (χ2v) is 6.58. The van der Waals surface area contributed by atoms with E-state index in [1.54, 1.807) is 12.1 Å². The Morgan fingerprint density at radius 1 is 1.20 bits per heavy atom. The topological polar surface area (TPSA) is 53.4 Å². The van der Waals surface area contributed by atoms with Crippen LogP contribution in [0.2, 0.25) is 0 Å². The fourth-order valence-electron chi connectivity index (χ4n) is 2.83. The first-order valence-electron chi connectivity index (χ1n) is 8.87. The molecule has 25 heavy (non-hydrogen) atoms. The molecule has 1 aromatic heterocycles. The number of nitrogens with zero attached hydrogens (tertiary/aromatic N) is 2. The van der Waals surface area contributed by atoms with Gasteiger partial charge in [0.2, 0.25) is 0 Å². The molecule has 0 aliphatic rings. The summed E-state index contributed by atoms with van der Waals surface area (Å²) in [6.07, 6.45) is 0.945. The molecule has 0 fully saturated rings. The minimum atomic E-state index is -0.262. The second kappa shape index (κ2) is 8.70. The van der Waals surface area contributed by atoms with Gasteiger partial charge in [0.25, 0.3) is 0 Å². The molecule has 2 rings (SSSR count). The Hall–Kier alpha value is -2.30. The van der Waals surface area contributed by atoms with Crippen molar-refractivity contribution in [2.45, 2.75) is 54.0 Å². The average Bonchev–Trinajstić information content (AvgIpc) is 2.81. The first-order chi connectivity index (χ1) is 11.9. The molecule has 0 N–H and O–H groups in total. The van der Waals surface area contributed by atoms with Crippen molar-refractivity contribution in [3.63, 3.8) is 0 Å². The molecule has 0 spiro atoms. The van der Waals surface area contributed by atoms with E-state index < -0.39 is 0 Å². The van der Waals surface area contributed by atoms with E-state index in [9.17, 15) is 4.79 Å². The number of hydrogen-bond donors (Lipinski definition) is 0. The normalized spacial score (nSPS) is 11.0. The van der Waals surface area contributed by atoms with Gasteiger partial charge in [-0.2, -0.15) is 5.10 Å². The van der Waals surface area contributed by atoms with Crippen LogP contribution in [0.1, 0.15) is 44.1 Å². The maximum atomic E-state index is 12.2. The van der Waals surface area contributed by atoms with Crippen LogP contribution >= 0.6 is 0 Å². The lowest BCUT2D eigenvalue weighted by Gasteiger charge is -2.10. The summed E-state index contributed by atoms with van der Waals surface area (Å²) >= 11 is 0. The van der Waals surface area contributed by atoms with Gasteiger partial charge < -0.3 is 9.47 Å². The summed E-state index contributed by atoms with van der Waals surface area (Å²) < 4.78 is 13.0. The van der Waals surface area contributed by atoms with Crippen molar-refractivity contribution in [3.8, 4) is 11.5 Å². The highest BCUT2D eigenvalue weighted by molar-refractivity contribution is 5.73. The van der Waals surface area contributed by atoms with E-state index >= 15 is 0 Å². The third-order valence-electron chi connectivity index (χ3n) is 4.02. The van der Waals surface area contributed by atoms with Crippen molar-refractivity contribution in [2.24, 2.45) is 5.92 Å². The predicted molar refractivity (Wildman–Crippen MR) is 98.1 cm³/mol. The van der Waals surface area contributed by atoms with Crippen molar-refractivity contribution >= 4 is 5.97 Å². The molecule has 0 bridgehead atoms. The molecule has 5 nitrogen and oxygen atoms in total. The van der Waals surface area contributed by atoms with Gasteiger partial charge in [0.1, 0.15) is 0 Å². The minimum Gasteiger partial charge on any atom is -0.490 e. The fraction of sp³-hybridized carbons (Fsp3) is 0.500. The molecule has 0 radical (unpaired) electrons. The fourth-order valence-corrected chi connectivity index (χ4v) is 2.83. The quantitative estimate of drug-likeness (QED) is 0.534. The molecular formula is C20H28N2O3. The number of carbonyl (C=O) groups is 1. The van der Waals surface area contributed by atoms with Gasteiger partial charge >= 0.3 is 5.97 Å². The van der Waals surface area contributed by atoms with Gasteiger partial charge in [-0.15, -0.1) is 0 Å². The van der Waals surface area contributed by atoms with Crippen LogP contribution in [0.25, 0.3) is 0 Å². The summed E-state index contributed by atoms with van der Waals surface area (Å²) in [5.74, 6) is 1.34. The van der Waals surface area contributed by atoms with Gasteiger partial charge in [-0.3, -0.25) is 9.48 Å². The van der Waals surface area contributed by atoms with Gasteiger partial charge in [-0.05, 0) is 50.8 Å². The predicted octanol–water partition coefficient (Wildman–Crippen LogP) is 4.09. The van der Waals surface area contributed by atoms with Crippen LogP contribution < -0.4 is 9.47 Å². The van der Waals surface area contributed by atoms with Crippen molar-refractivity contribution in [2.75, 3.05) is 6.61 Å². The summed E-state index contributed by atoms with van der Waals surface area (Å²) in [6, 6.07) is 7.24. The number of hydrogen-bond acceptors (Lipinski definition) is 4. The third-order valence-corrected chi connectivity index (χ3v) is 4.02. The van der Waals surface area contributed by atoms with Crippen molar-refractivity contribution in [3.05, 3.63) is 41.2 Å². The zero-order chi connectivity index (χ0) is 18.4. The average molecular weight is 344 g/mol. The van der Waals surface area contributed by atoms with E-state index in [1.165, 1.54) is 0 Å². The van der Waals surface area contributed by atoms with Crippen molar-refractivity contribution in [1.82, 2.24) is 9.78 Å². The largest absolute Gasteiger partial charge is 0.490 e. The summed E-state index contributed by atoms with van der Waals surface area (Å²) in [6.45, 7) is 11.7. The molecule has 0 atom stereocenters. The highest BCUT2D eigenvalue weighted by atomic mass is 16.6. The van der Waals surface area contributed by atoms with E-state index in [0.29, 0.717) is 36.9 Å². The molecular weight excluding hydrogens is 316 g/mol. The summed E-state index contributed by atoms with van der Waals surface area (Å²) in [4.78, 5) is 12.2. The van der Waals surface area contributed by atoms with E-state index in [2.05, 4.69) is 25.9 Å². The highest BCUT2D eigenvalue weighted by Crippen LogP contribution is 2.27. The summed E-state index contributed by atoms with van der Waals surface area (Å²) in [5.41, 5.74) is 3.25. The third kappa shape index (κ3) is 5.08. The molecule has 5 heteroatoms. The van der Waals surface area contributed by atoms with Gasteiger partial charge in [0.15, 0.2) is 11.5 Å². The molecule has 0 aliphatic carbocycles. The number of esters is 1. The number of para-hydroxylation sites is 2. The molecule has 0 saturated carbocycles. The van der Waals surface area contributed by atoms with Crippen LogP contribution in [0.15, 0.2) is 24.3 Å². The van der Waals surface area contributed by atoms with Crippen molar-refractivity contribution in [1.29, 1.82) is 0 Å². The number of carbonyl (C=O) groups excluding carboxylic acids is 1. The standard InChI is InChI=1S/C20H28N2O3/c1-6-24-18-9-7-8-10-19(18)25-20(23)12-11-17-15(4)21-22(16(17)5)13-14(2)3/h7-10,14H,6,11-13H2,1-5H3. The SMILES string of the molecule is CCOc1ccccc1OC(=O)CCc1c(C)nn(CC(C)C)c1C. The smallest absolute Gasteiger partial charge is 0.311 e. The molecule has 0 saturated heterocycles. The first kappa shape index (κ1) is 19.0. The number of aromatic nitrogens is 2. The number of benzene rings is 1. The molecule has 0 unspecified atom stereocenters. The molecule has 0 amide bonds. The Morgan fingerprint density at radius 2 is 1.88 bits per heavy atom. The molecule has 136 valence electrons. The Morgan fingerprint density at radius 3 is 2.52 bits per heavy atom. The lowest BCUT2D eigenvalue weighted by atomic mass is 10.1. The lowest BCUT2D eigenvalue weighted by Crippen LogP contribution is -2.11. The van der Waals surface area contributed by atoms with Crippen LogP contribution in [0.3, 0.4) is 0 Å². The lowest BCUT2D eigenvalue weighted by molar-refractivity contribution is -0.134. The molecule has 1 aromatic carbocycles. The maximum Gasteiger partial charge on any atom is 0.311 e. The highest BCUT2D eigenvalue weighted by Gasteiger charge is 2.15. The molecule has 2 aromatic rings. The van der Waals surface area contributed by atoms with Crippen LogP contribution in [0, 0.1) is 19.8 Å². The van der Waals surface area contributed by atoms with E-state index in [0.717, 1.165) is 23.5 Å². The molecule has 1 heterocycles. The number of ether oxygens (including phenoxy) is 2. The van der Waals surface area contributed by atoms with Gasteiger partial charge in [0.05, 0.1) is 18.7 Å². The Balaban J connectivity index is 2.00. The van der Waals surface area contributed by atoms with Gasteiger partial charge in [-0.25, -0.2) is 0 Å². The Bertz CT molecular complexity index is 720. The monoisotopic (exact) mass is 344 g/mol. The van der Waals surface area contributed by atoms with Crippen LogP contribution in [0.5, 0.6) is 11.5 Å². The zero-order valence-electron chi connectivity index (χ0n) is 15.8. The Labute approximate surface area is 149 Å². The van der Waals surface area contributed by atoms with E-state index in [-0.39, 0.29) is 5.97 Å².